The highest BCUT2D eigenvalue weighted by molar-refractivity contribution is 5.96. The van der Waals surface area contributed by atoms with Gasteiger partial charge >= 0.3 is 6.03 Å². The second-order valence-electron chi connectivity index (χ2n) is 7.32. The van der Waals surface area contributed by atoms with Crippen molar-refractivity contribution in [1.29, 1.82) is 0 Å². The molecule has 0 bridgehead atoms. The second kappa shape index (κ2) is 7.98. The number of amides is 3. The van der Waals surface area contributed by atoms with Crippen LogP contribution in [-0.4, -0.2) is 48.1 Å². The van der Waals surface area contributed by atoms with Crippen molar-refractivity contribution in [3.8, 4) is 5.75 Å². The summed E-state index contributed by atoms with van der Waals surface area (Å²) in [6, 6.07) is 7.82. The molecule has 2 saturated heterocycles. The molecule has 3 atom stereocenters. The van der Waals surface area contributed by atoms with Crippen molar-refractivity contribution in [1.82, 2.24) is 10.2 Å². The third kappa shape index (κ3) is 3.94. The first-order valence-electron chi connectivity index (χ1n) is 9.61. The lowest BCUT2D eigenvalue weighted by atomic mass is 9.98. The molecule has 3 rings (SSSR count). The van der Waals surface area contributed by atoms with Gasteiger partial charge in [-0.05, 0) is 64.3 Å². The van der Waals surface area contributed by atoms with E-state index in [0.717, 1.165) is 24.3 Å². The van der Waals surface area contributed by atoms with Crippen LogP contribution in [0.1, 0.15) is 46.5 Å². The molecule has 0 spiro atoms. The molecule has 6 heteroatoms. The summed E-state index contributed by atoms with van der Waals surface area (Å²) in [6.07, 6.45) is 3.59. The lowest BCUT2D eigenvalue weighted by Crippen LogP contribution is -2.54. The predicted molar refractivity (Wildman–Crippen MR) is 102 cm³/mol. The molecule has 0 aliphatic carbocycles. The third-order valence-corrected chi connectivity index (χ3v) is 5.34. The van der Waals surface area contributed by atoms with Gasteiger partial charge in [-0.15, -0.1) is 0 Å². The van der Waals surface area contributed by atoms with Crippen LogP contribution in [0.15, 0.2) is 24.3 Å². The molecular weight excluding hydrogens is 330 g/mol. The zero-order valence-corrected chi connectivity index (χ0v) is 15.9. The molecule has 1 aromatic carbocycles. The maximum atomic E-state index is 12.7. The number of hydrogen-bond acceptors (Lipinski definition) is 3. The van der Waals surface area contributed by atoms with Crippen LogP contribution >= 0.6 is 0 Å². The number of carbonyl (C=O) groups excluding carboxylic acids is 2. The van der Waals surface area contributed by atoms with Crippen molar-refractivity contribution in [3.05, 3.63) is 24.3 Å². The van der Waals surface area contributed by atoms with Crippen LogP contribution in [-0.2, 0) is 4.79 Å². The highest BCUT2D eigenvalue weighted by Gasteiger charge is 2.35. The fourth-order valence-electron chi connectivity index (χ4n) is 4.01. The third-order valence-electron chi connectivity index (χ3n) is 5.34. The SMILES string of the molecule is CCOc1ccc(N2C[C@@H](NC(=O)N3[C@@H](C)CCC[C@@H]3C)CC2=O)cc1. The topological polar surface area (TPSA) is 61.9 Å². The Bertz CT molecular complexity index is 636. The monoisotopic (exact) mass is 359 g/mol. The summed E-state index contributed by atoms with van der Waals surface area (Å²) < 4.78 is 5.45. The summed E-state index contributed by atoms with van der Waals surface area (Å²) >= 11 is 0. The molecule has 0 unspecified atom stereocenters. The summed E-state index contributed by atoms with van der Waals surface area (Å²) in [7, 11) is 0. The van der Waals surface area contributed by atoms with Crippen LogP contribution in [0.5, 0.6) is 5.75 Å². The Balaban J connectivity index is 1.61. The quantitative estimate of drug-likeness (QED) is 0.898. The Morgan fingerprint density at radius 2 is 1.85 bits per heavy atom. The smallest absolute Gasteiger partial charge is 0.318 e. The van der Waals surface area contributed by atoms with Gasteiger partial charge in [-0.25, -0.2) is 4.79 Å². The molecule has 0 radical (unpaired) electrons. The van der Waals surface area contributed by atoms with Crippen LogP contribution in [0, 0.1) is 0 Å². The highest BCUT2D eigenvalue weighted by Crippen LogP contribution is 2.26. The van der Waals surface area contributed by atoms with E-state index in [1.54, 1.807) is 4.90 Å². The van der Waals surface area contributed by atoms with Crippen molar-refractivity contribution in [2.24, 2.45) is 0 Å². The van der Waals surface area contributed by atoms with Gasteiger partial charge in [-0.1, -0.05) is 0 Å². The van der Waals surface area contributed by atoms with Gasteiger partial charge in [-0.2, -0.15) is 0 Å². The van der Waals surface area contributed by atoms with E-state index in [1.807, 2.05) is 36.1 Å². The van der Waals surface area contributed by atoms with Crippen LogP contribution in [0.4, 0.5) is 10.5 Å². The van der Waals surface area contributed by atoms with Gasteiger partial charge in [0.05, 0.1) is 12.6 Å². The van der Waals surface area contributed by atoms with E-state index in [9.17, 15) is 9.59 Å². The van der Waals surface area contributed by atoms with Gasteiger partial charge in [0, 0.05) is 30.7 Å². The minimum Gasteiger partial charge on any atom is -0.494 e. The molecule has 1 N–H and O–H groups in total. The molecule has 2 aliphatic heterocycles. The molecule has 26 heavy (non-hydrogen) atoms. The van der Waals surface area contributed by atoms with Crippen molar-refractivity contribution in [2.45, 2.75) is 64.6 Å². The Morgan fingerprint density at radius 1 is 1.19 bits per heavy atom. The molecule has 2 heterocycles. The Kier molecular flexibility index (Phi) is 5.69. The number of anilines is 1. The summed E-state index contributed by atoms with van der Waals surface area (Å²) in [5.74, 6) is 0.833. The number of piperidine rings is 1. The number of urea groups is 1. The first-order chi connectivity index (χ1) is 12.5. The molecule has 3 amide bonds. The highest BCUT2D eigenvalue weighted by atomic mass is 16.5. The molecule has 0 saturated carbocycles. The number of likely N-dealkylation sites (tertiary alicyclic amines) is 1. The number of rotatable bonds is 4. The lowest BCUT2D eigenvalue weighted by Gasteiger charge is -2.39. The van der Waals surface area contributed by atoms with Gasteiger partial charge in [0.1, 0.15) is 5.75 Å². The molecule has 2 aliphatic rings. The summed E-state index contributed by atoms with van der Waals surface area (Å²) in [6.45, 7) is 7.26. The largest absolute Gasteiger partial charge is 0.494 e. The van der Waals surface area contributed by atoms with Crippen molar-refractivity contribution < 1.29 is 14.3 Å². The Labute approximate surface area is 155 Å². The fraction of sp³-hybridized carbons (Fsp3) is 0.600. The van der Waals surface area contributed by atoms with E-state index in [1.165, 1.54) is 6.42 Å². The zero-order chi connectivity index (χ0) is 18.7. The average Bonchev–Trinajstić information content (AvgIpc) is 2.96. The van der Waals surface area contributed by atoms with Gasteiger partial charge in [0.15, 0.2) is 0 Å². The number of nitrogens with zero attached hydrogens (tertiary/aromatic N) is 2. The number of hydrogen-bond donors (Lipinski definition) is 1. The summed E-state index contributed by atoms with van der Waals surface area (Å²) in [5.41, 5.74) is 0.843. The minimum absolute atomic E-state index is 0.0409. The van der Waals surface area contributed by atoms with E-state index < -0.39 is 0 Å². The van der Waals surface area contributed by atoms with Gasteiger partial charge in [0.2, 0.25) is 5.91 Å². The van der Waals surface area contributed by atoms with Crippen molar-refractivity contribution >= 4 is 17.6 Å². The van der Waals surface area contributed by atoms with Gasteiger partial charge in [-0.3, -0.25) is 4.79 Å². The van der Waals surface area contributed by atoms with Crippen molar-refractivity contribution in [3.63, 3.8) is 0 Å². The van der Waals surface area contributed by atoms with E-state index in [0.29, 0.717) is 19.6 Å². The molecule has 0 aromatic heterocycles. The number of ether oxygens (including phenoxy) is 1. The second-order valence-corrected chi connectivity index (χ2v) is 7.32. The number of benzene rings is 1. The van der Waals surface area contributed by atoms with Crippen LogP contribution in [0.25, 0.3) is 0 Å². The lowest BCUT2D eigenvalue weighted by molar-refractivity contribution is -0.117. The standard InChI is InChI=1S/C20H29N3O3/c1-4-26-18-10-8-17(9-11-18)22-13-16(12-19(22)24)21-20(25)23-14(2)6-5-7-15(23)3/h8-11,14-16H,4-7,12-13H2,1-3H3,(H,21,25)/t14-,15-,16-/m0/s1. The van der Waals surface area contributed by atoms with Gasteiger partial charge < -0.3 is 19.9 Å². The average molecular weight is 359 g/mol. The summed E-state index contributed by atoms with van der Waals surface area (Å²) in [5, 5.41) is 3.07. The van der Waals surface area contributed by atoms with E-state index in [2.05, 4.69) is 19.2 Å². The molecule has 1 aromatic rings. The fourth-order valence-corrected chi connectivity index (χ4v) is 4.01. The van der Waals surface area contributed by atoms with Crippen LogP contribution in [0.2, 0.25) is 0 Å². The number of carbonyl (C=O) groups is 2. The first-order valence-corrected chi connectivity index (χ1v) is 9.61. The predicted octanol–water partition coefficient (Wildman–Crippen LogP) is 3.16. The Hall–Kier alpha value is -2.24. The molecule has 2 fully saturated rings. The maximum Gasteiger partial charge on any atom is 0.318 e. The van der Waals surface area contributed by atoms with E-state index in [4.69, 9.17) is 4.74 Å². The van der Waals surface area contributed by atoms with Crippen LogP contribution in [0.3, 0.4) is 0 Å². The zero-order valence-electron chi connectivity index (χ0n) is 15.9. The maximum absolute atomic E-state index is 12.7. The van der Waals surface area contributed by atoms with Crippen LogP contribution < -0.4 is 15.0 Å². The van der Waals surface area contributed by atoms with Crippen molar-refractivity contribution in [2.75, 3.05) is 18.1 Å². The van der Waals surface area contributed by atoms with Gasteiger partial charge in [0.25, 0.3) is 0 Å². The molecular formula is C20H29N3O3. The number of nitrogens with one attached hydrogen (secondary N) is 1. The van der Waals surface area contributed by atoms with E-state index >= 15 is 0 Å². The molecule has 142 valence electrons. The first kappa shape index (κ1) is 18.5. The molecule has 6 nitrogen and oxygen atoms in total. The normalized spacial score (nSPS) is 26.1. The summed E-state index contributed by atoms with van der Waals surface area (Å²) in [4.78, 5) is 28.8. The minimum atomic E-state index is -0.150. The van der Waals surface area contributed by atoms with E-state index in [-0.39, 0.29) is 30.1 Å². The Morgan fingerprint density at radius 3 is 2.46 bits per heavy atom.